The number of fused-ring (bicyclic) bond motifs is 1. The molecule has 34 heavy (non-hydrogen) atoms. The molecule has 0 radical (unpaired) electrons. The van der Waals surface area contributed by atoms with E-state index in [1.165, 1.54) is 4.31 Å². The van der Waals surface area contributed by atoms with Crippen LogP contribution in [0.4, 0.5) is 11.4 Å². The van der Waals surface area contributed by atoms with Gasteiger partial charge in [-0.3, -0.25) is 14.1 Å². The van der Waals surface area contributed by atoms with E-state index in [0.29, 0.717) is 51.7 Å². The number of benzene rings is 2. The Morgan fingerprint density at radius 1 is 1.09 bits per heavy atom. The predicted octanol–water partition coefficient (Wildman–Crippen LogP) is 5.05. The molecule has 1 saturated heterocycles. The number of halogens is 1. The molecular formula is C25H21ClN4O3S. The third-order valence-corrected chi connectivity index (χ3v) is 8.03. The van der Waals surface area contributed by atoms with Crippen LogP contribution in [-0.4, -0.2) is 36.6 Å². The van der Waals surface area contributed by atoms with Crippen molar-refractivity contribution in [3.05, 3.63) is 83.1 Å². The molecule has 9 heteroatoms. The summed E-state index contributed by atoms with van der Waals surface area (Å²) in [5, 5.41) is 4.35. The molecule has 1 amide bonds. The van der Waals surface area contributed by atoms with Gasteiger partial charge in [-0.05, 0) is 73.5 Å². The first kappa shape index (κ1) is 22.3. The van der Waals surface area contributed by atoms with Crippen molar-refractivity contribution in [2.75, 3.05) is 21.9 Å². The third kappa shape index (κ3) is 4.22. The topological polar surface area (TPSA) is 92.3 Å². The first-order chi connectivity index (χ1) is 16.3. The number of amides is 1. The van der Waals surface area contributed by atoms with Crippen LogP contribution < -0.4 is 9.62 Å². The van der Waals surface area contributed by atoms with E-state index in [-0.39, 0.29) is 11.7 Å². The Labute approximate surface area is 202 Å². The fraction of sp³-hybridized carbons (Fsp3) is 0.160. The summed E-state index contributed by atoms with van der Waals surface area (Å²) in [6.07, 6.45) is 4.03. The minimum absolute atomic E-state index is 0.149. The molecule has 0 aliphatic carbocycles. The van der Waals surface area contributed by atoms with Crippen molar-refractivity contribution in [3.8, 4) is 11.3 Å². The van der Waals surface area contributed by atoms with Gasteiger partial charge in [-0.25, -0.2) is 13.4 Å². The van der Waals surface area contributed by atoms with Gasteiger partial charge in [0.05, 0.1) is 27.7 Å². The first-order valence-electron chi connectivity index (χ1n) is 10.7. The van der Waals surface area contributed by atoms with Crippen LogP contribution in [0, 0.1) is 6.92 Å². The number of aryl methyl sites for hydroxylation is 1. The minimum atomic E-state index is -3.28. The standard InChI is InChI=1S/C25H21ClN4O3S/c1-16-13-19(30-11-2-12-34(30,32)33)5-6-20(16)25(31)28-18-4-7-22(26)21(14-18)24-8-3-17-15-27-10-9-23(17)29-24/h3-10,13-15H,2,11-12H2,1H3,(H,28,31). The quantitative estimate of drug-likeness (QED) is 0.430. The predicted molar refractivity (Wildman–Crippen MR) is 135 cm³/mol. The molecule has 1 aliphatic heterocycles. The van der Waals surface area contributed by atoms with E-state index in [1.807, 2.05) is 18.2 Å². The molecule has 2 aromatic heterocycles. The Balaban J connectivity index is 1.41. The maximum atomic E-state index is 13.0. The van der Waals surface area contributed by atoms with Crippen LogP contribution in [-0.2, 0) is 10.0 Å². The highest BCUT2D eigenvalue weighted by atomic mass is 35.5. The number of rotatable bonds is 4. The van der Waals surface area contributed by atoms with Gasteiger partial charge in [-0.2, -0.15) is 0 Å². The third-order valence-electron chi connectivity index (χ3n) is 5.83. The van der Waals surface area contributed by atoms with Crippen LogP contribution in [0.5, 0.6) is 0 Å². The van der Waals surface area contributed by atoms with Crippen molar-refractivity contribution in [2.24, 2.45) is 0 Å². The van der Waals surface area contributed by atoms with Crippen LogP contribution in [0.15, 0.2) is 67.0 Å². The van der Waals surface area contributed by atoms with Crippen molar-refractivity contribution in [2.45, 2.75) is 13.3 Å². The number of aromatic nitrogens is 2. The lowest BCUT2D eigenvalue weighted by molar-refractivity contribution is 0.102. The highest BCUT2D eigenvalue weighted by Gasteiger charge is 2.28. The number of carbonyl (C=O) groups excluding carboxylic acids is 1. The number of nitrogens with zero attached hydrogens (tertiary/aromatic N) is 3. The van der Waals surface area contributed by atoms with Gasteiger partial charge in [0.1, 0.15) is 0 Å². The summed E-state index contributed by atoms with van der Waals surface area (Å²) in [6.45, 7) is 2.25. The lowest BCUT2D eigenvalue weighted by Crippen LogP contribution is -2.25. The number of pyridine rings is 2. The van der Waals surface area contributed by atoms with Crippen LogP contribution in [0.2, 0.25) is 5.02 Å². The molecule has 172 valence electrons. The van der Waals surface area contributed by atoms with Crippen molar-refractivity contribution in [1.82, 2.24) is 9.97 Å². The fourth-order valence-electron chi connectivity index (χ4n) is 4.10. The summed E-state index contributed by atoms with van der Waals surface area (Å²) < 4.78 is 25.8. The van der Waals surface area contributed by atoms with E-state index in [9.17, 15) is 13.2 Å². The van der Waals surface area contributed by atoms with Gasteiger partial charge < -0.3 is 5.32 Å². The van der Waals surface area contributed by atoms with Gasteiger partial charge >= 0.3 is 0 Å². The Hall–Kier alpha value is -3.49. The number of hydrogen-bond acceptors (Lipinski definition) is 5. The van der Waals surface area contributed by atoms with Gasteiger partial charge in [0.2, 0.25) is 10.0 Å². The normalized spacial score (nSPS) is 14.9. The van der Waals surface area contributed by atoms with Crippen LogP contribution >= 0.6 is 11.6 Å². The SMILES string of the molecule is Cc1cc(N2CCCS2(=O)=O)ccc1C(=O)Nc1ccc(Cl)c(-c2ccc3cnccc3n2)c1. The van der Waals surface area contributed by atoms with E-state index < -0.39 is 10.0 Å². The van der Waals surface area contributed by atoms with E-state index in [2.05, 4.69) is 15.3 Å². The smallest absolute Gasteiger partial charge is 0.255 e. The summed E-state index contributed by atoms with van der Waals surface area (Å²) in [5.41, 5.74) is 4.50. The Morgan fingerprint density at radius 3 is 2.71 bits per heavy atom. The molecule has 3 heterocycles. The summed E-state index contributed by atoms with van der Waals surface area (Å²) in [7, 11) is -3.28. The Bertz CT molecular complexity index is 1540. The average Bonchev–Trinajstić information content (AvgIpc) is 3.18. The van der Waals surface area contributed by atoms with Crippen LogP contribution in [0.25, 0.3) is 22.2 Å². The average molecular weight is 493 g/mol. The highest BCUT2D eigenvalue weighted by Crippen LogP contribution is 2.31. The van der Waals surface area contributed by atoms with Gasteiger partial charge in [0.15, 0.2) is 0 Å². The second-order valence-corrected chi connectivity index (χ2v) is 10.6. The monoisotopic (exact) mass is 492 g/mol. The Morgan fingerprint density at radius 2 is 1.94 bits per heavy atom. The number of hydrogen-bond donors (Lipinski definition) is 1. The largest absolute Gasteiger partial charge is 0.322 e. The molecular weight excluding hydrogens is 472 g/mol. The molecule has 2 aromatic carbocycles. The van der Waals surface area contributed by atoms with E-state index in [1.54, 1.807) is 55.7 Å². The maximum Gasteiger partial charge on any atom is 0.255 e. The maximum absolute atomic E-state index is 13.0. The number of nitrogens with one attached hydrogen (secondary N) is 1. The van der Waals surface area contributed by atoms with Gasteiger partial charge in [0.25, 0.3) is 5.91 Å². The van der Waals surface area contributed by atoms with Crippen molar-refractivity contribution in [3.63, 3.8) is 0 Å². The summed E-state index contributed by atoms with van der Waals surface area (Å²) in [5.74, 6) is -0.144. The van der Waals surface area contributed by atoms with Crippen LogP contribution in [0.1, 0.15) is 22.3 Å². The minimum Gasteiger partial charge on any atom is -0.322 e. The molecule has 0 atom stereocenters. The number of anilines is 2. The second kappa shape index (κ2) is 8.70. The Kier molecular flexibility index (Phi) is 5.71. The zero-order chi connectivity index (χ0) is 23.9. The second-order valence-electron chi connectivity index (χ2n) is 8.15. The summed E-state index contributed by atoms with van der Waals surface area (Å²) in [6, 6.07) is 15.9. The highest BCUT2D eigenvalue weighted by molar-refractivity contribution is 7.93. The molecule has 7 nitrogen and oxygen atoms in total. The van der Waals surface area contributed by atoms with Crippen molar-refractivity contribution >= 4 is 49.8 Å². The van der Waals surface area contributed by atoms with E-state index >= 15 is 0 Å². The lowest BCUT2D eigenvalue weighted by Gasteiger charge is -2.18. The van der Waals surface area contributed by atoms with Crippen LogP contribution in [0.3, 0.4) is 0 Å². The van der Waals surface area contributed by atoms with E-state index in [0.717, 1.165) is 10.9 Å². The molecule has 0 spiro atoms. The summed E-state index contributed by atoms with van der Waals surface area (Å²) in [4.78, 5) is 21.8. The number of sulfonamides is 1. The molecule has 0 bridgehead atoms. The van der Waals surface area contributed by atoms with Gasteiger partial charge in [0, 0.05) is 41.1 Å². The van der Waals surface area contributed by atoms with Gasteiger partial charge in [-0.15, -0.1) is 0 Å². The van der Waals surface area contributed by atoms with Gasteiger partial charge in [-0.1, -0.05) is 11.6 Å². The molecule has 0 saturated carbocycles. The first-order valence-corrected chi connectivity index (χ1v) is 12.7. The summed E-state index contributed by atoms with van der Waals surface area (Å²) >= 11 is 6.44. The zero-order valence-corrected chi connectivity index (χ0v) is 19.9. The lowest BCUT2D eigenvalue weighted by atomic mass is 10.1. The molecule has 4 aromatic rings. The molecule has 1 aliphatic rings. The fourth-order valence-corrected chi connectivity index (χ4v) is 5.87. The molecule has 1 fully saturated rings. The molecule has 5 rings (SSSR count). The van der Waals surface area contributed by atoms with E-state index in [4.69, 9.17) is 11.6 Å². The molecule has 1 N–H and O–H groups in total. The zero-order valence-electron chi connectivity index (χ0n) is 18.3. The molecule has 0 unspecified atom stereocenters. The number of carbonyl (C=O) groups is 1. The van der Waals surface area contributed by atoms with Crippen molar-refractivity contribution < 1.29 is 13.2 Å². The van der Waals surface area contributed by atoms with Crippen molar-refractivity contribution in [1.29, 1.82) is 0 Å².